The Bertz CT molecular complexity index is 435. The van der Waals surface area contributed by atoms with Crippen molar-refractivity contribution in [2.75, 3.05) is 13.0 Å². The van der Waals surface area contributed by atoms with E-state index in [0.717, 1.165) is 0 Å². The van der Waals surface area contributed by atoms with Crippen molar-refractivity contribution in [1.29, 1.82) is 0 Å². The lowest BCUT2D eigenvalue weighted by Crippen LogP contribution is -2.03. The first kappa shape index (κ1) is 13.6. The highest BCUT2D eigenvalue weighted by atomic mass is 32.2. The maximum absolute atomic E-state index is 10.8. The van der Waals surface area contributed by atoms with Gasteiger partial charge in [-0.2, -0.15) is 0 Å². The quantitative estimate of drug-likeness (QED) is 0.470. The Hall–Kier alpha value is -1.51. The van der Waals surface area contributed by atoms with Gasteiger partial charge in [-0.15, -0.1) is 0 Å². The van der Waals surface area contributed by atoms with Crippen LogP contribution in [0.5, 0.6) is 5.75 Å². The van der Waals surface area contributed by atoms with E-state index in [1.807, 2.05) is 0 Å². The molecule has 0 amide bonds. The van der Waals surface area contributed by atoms with Crippen LogP contribution in [-0.2, 0) is 22.4 Å². The minimum absolute atomic E-state index is 0.105. The van der Waals surface area contributed by atoms with E-state index in [1.54, 1.807) is 6.07 Å². The van der Waals surface area contributed by atoms with Crippen molar-refractivity contribution in [3.63, 3.8) is 0 Å². The average molecular weight is 261 g/mol. The van der Waals surface area contributed by atoms with Gasteiger partial charge in [0, 0.05) is 0 Å². The van der Waals surface area contributed by atoms with E-state index in [4.69, 9.17) is 14.0 Å². The van der Waals surface area contributed by atoms with Crippen LogP contribution in [0.25, 0.3) is 0 Å². The summed E-state index contributed by atoms with van der Waals surface area (Å²) in [6, 6.07) is 4.31. The predicted octanol–water partition coefficient (Wildman–Crippen LogP) is 1.30. The summed E-state index contributed by atoms with van der Waals surface area (Å²) >= 11 is -2.08. The van der Waals surface area contributed by atoms with Gasteiger partial charge in [0.2, 0.25) is 0 Å². The molecule has 0 heterocycles. The number of nitrogens with zero attached hydrogens (tertiary/aromatic N) is 1. The Morgan fingerprint density at radius 2 is 2.24 bits per heavy atom. The van der Waals surface area contributed by atoms with Crippen molar-refractivity contribution < 1.29 is 23.2 Å². The summed E-state index contributed by atoms with van der Waals surface area (Å²) in [5.74, 6) is -0.0189. The van der Waals surface area contributed by atoms with E-state index in [-0.39, 0.29) is 18.2 Å². The summed E-state index contributed by atoms with van der Waals surface area (Å²) in [5, 5.41) is 10.8. The summed E-state index contributed by atoms with van der Waals surface area (Å²) in [4.78, 5) is 10.2. The molecule has 8 heteroatoms. The Kier molecular flexibility index (Phi) is 5.01. The lowest BCUT2D eigenvalue weighted by Gasteiger charge is -2.05. The number of nitro groups is 1. The number of benzene rings is 1. The largest absolute Gasteiger partial charge is 0.497 e. The molecule has 94 valence electrons. The Balaban J connectivity index is 2.83. The molecule has 17 heavy (non-hydrogen) atoms. The van der Waals surface area contributed by atoms with Gasteiger partial charge in [-0.3, -0.25) is 10.1 Å². The van der Waals surface area contributed by atoms with Gasteiger partial charge in [-0.25, -0.2) is 4.21 Å². The molecule has 0 bridgehead atoms. The highest BCUT2D eigenvalue weighted by Gasteiger charge is 2.15. The number of hydrogen-bond acceptors (Lipinski definition) is 5. The van der Waals surface area contributed by atoms with Gasteiger partial charge in [0.25, 0.3) is 5.69 Å². The summed E-state index contributed by atoms with van der Waals surface area (Å²) < 4.78 is 28.5. The second-order valence-corrected chi connectivity index (χ2v) is 3.92. The Labute approximate surface area is 99.8 Å². The molecule has 1 aromatic rings. The summed E-state index contributed by atoms with van der Waals surface area (Å²) in [6.07, 6.45) is 0. The molecule has 0 spiro atoms. The molecule has 1 aromatic carbocycles. The van der Waals surface area contributed by atoms with E-state index in [1.165, 1.54) is 19.2 Å². The predicted molar refractivity (Wildman–Crippen MR) is 60.1 cm³/mol. The molecule has 0 aliphatic carbocycles. The maximum atomic E-state index is 10.8. The summed E-state index contributed by atoms with van der Waals surface area (Å²) in [7, 11) is 1.41. The minimum Gasteiger partial charge on any atom is -0.497 e. The number of ether oxygens (including phenoxy) is 2. The third-order valence-electron chi connectivity index (χ3n) is 1.93. The molecule has 0 saturated heterocycles. The molecule has 0 saturated carbocycles. The minimum atomic E-state index is -2.08. The molecular formula is C9H11NO6S. The molecule has 0 fully saturated rings. The number of nitro benzene ring substituents is 1. The van der Waals surface area contributed by atoms with Gasteiger partial charge in [-0.05, 0) is 12.1 Å². The smallest absolute Gasteiger partial charge is 0.278 e. The van der Waals surface area contributed by atoms with E-state index < -0.39 is 16.0 Å². The van der Waals surface area contributed by atoms with Gasteiger partial charge in [-0.1, -0.05) is 0 Å². The molecule has 7 nitrogen and oxygen atoms in total. The lowest BCUT2D eigenvalue weighted by molar-refractivity contribution is -0.386. The van der Waals surface area contributed by atoms with Crippen LogP contribution in [0.2, 0.25) is 0 Å². The fourth-order valence-electron chi connectivity index (χ4n) is 1.19. The van der Waals surface area contributed by atoms with Crippen molar-refractivity contribution in [2.45, 2.75) is 6.61 Å². The lowest BCUT2D eigenvalue weighted by atomic mass is 10.2. The average Bonchev–Trinajstić information content (AvgIpc) is 2.28. The molecule has 1 unspecified atom stereocenters. The van der Waals surface area contributed by atoms with E-state index >= 15 is 0 Å². The molecule has 1 atom stereocenters. The second-order valence-electron chi connectivity index (χ2n) is 3.04. The van der Waals surface area contributed by atoms with E-state index in [2.05, 4.69) is 0 Å². The normalized spacial score (nSPS) is 12.1. The fraction of sp³-hybridized carbons (Fsp3) is 0.333. The molecule has 1 N–H and O–H groups in total. The zero-order valence-corrected chi connectivity index (χ0v) is 9.81. The third-order valence-corrected chi connectivity index (χ3v) is 2.30. The molecule has 0 radical (unpaired) electrons. The SMILES string of the molecule is COc1ccc(COCS(=O)O)c([N+](=O)[O-])c1. The summed E-state index contributed by atoms with van der Waals surface area (Å²) in [5.41, 5.74) is 0.175. The summed E-state index contributed by atoms with van der Waals surface area (Å²) in [6.45, 7) is -0.105. The molecule has 0 aliphatic rings. The van der Waals surface area contributed by atoms with Gasteiger partial charge in [0.1, 0.15) is 11.7 Å². The van der Waals surface area contributed by atoms with Crippen LogP contribution in [0.15, 0.2) is 18.2 Å². The van der Waals surface area contributed by atoms with Crippen LogP contribution in [0.4, 0.5) is 5.69 Å². The standard InChI is InChI=1S/C9H11NO6S/c1-15-8-3-2-7(5-16-6-17(13)14)9(4-8)10(11)12/h2-4H,5-6H2,1H3,(H,13,14). The molecular weight excluding hydrogens is 250 g/mol. The van der Waals surface area contributed by atoms with Gasteiger partial charge in [0.05, 0.1) is 30.3 Å². The zero-order chi connectivity index (χ0) is 12.8. The first-order valence-corrected chi connectivity index (χ1v) is 5.78. The van der Waals surface area contributed by atoms with Crippen LogP contribution >= 0.6 is 0 Å². The topological polar surface area (TPSA) is 98.9 Å². The number of methoxy groups -OCH3 is 1. The van der Waals surface area contributed by atoms with E-state index in [9.17, 15) is 14.3 Å². The van der Waals surface area contributed by atoms with Crippen LogP contribution in [0, 0.1) is 10.1 Å². The van der Waals surface area contributed by atoms with Crippen LogP contribution in [0.1, 0.15) is 5.56 Å². The van der Waals surface area contributed by atoms with E-state index in [0.29, 0.717) is 11.3 Å². The highest BCUT2D eigenvalue weighted by Crippen LogP contribution is 2.25. The molecule has 0 aliphatic heterocycles. The second kappa shape index (κ2) is 6.28. The Morgan fingerprint density at radius 3 is 2.76 bits per heavy atom. The van der Waals surface area contributed by atoms with Crippen LogP contribution in [0.3, 0.4) is 0 Å². The first-order valence-electron chi connectivity index (χ1n) is 4.51. The first-order chi connectivity index (χ1) is 8.04. The number of hydrogen-bond donors (Lipinski definition) is 1. The van der Waals surface area contributed by atoms with Crippen molar-refractivity contribution in [1.82, 2.24) is 0 Å². The molecule has 1 rings (SSSR count). The fourth-order valence-corrected chi connectivity index (χ4v) is 1.41. The molecule has 0 aromatic heterocycles. The van der Waals surface area contributed by atoms with Crippen molar-refractivity contribution >= 4 is 16.8 Å². The van der Waals surface area contributed by atoms with Crippen molar-refractivity contribution in [3.8, 4) is 5.75 Å². The zero-order valence-electron chi connectivity index (χ0n) is 8.99. The highest BCUT2D eigenvalue weighted by molar-refractivity contribution is 7.79. The van der Waals surface area contributed by atoms with Gasteiger partial charge < -0.3 is 14.0 Å². The van der Waals surface area contributed by atoms with Crippen LogP contribution in [-0.4, -0.2) is 26.7 Å². The van der Waals surface area contributed by atoms with Crippen molar-refractivity contribution in [2.24, 2.45) is 0 Å². The van der Waals surface area contributed by atoms with Crippen LogP contribution < -0.4 is 4.74 Å². The van der Waals surface area contributed by atoms with Gasteiger partial charge >= 0.3 is 0 Å². The third kappa shape index (κ3) is 4.10. The monoisotopic (exact) mass is 261 g/mol. The maximum Gasteiger partial charge on any atom is 0.278 e. The number of rotatable bonds is 6. The van der Waals surface area contributed by atoms with Crippen molar-refractivity contribution in [3.05, 3.63) is 33.9 Å². The Morgan fingerprint density at radius 1 is 1.53 bits per heavy atom. The van der Waals surface area contributed by atoms with Gasteiger partial charge in [0.15, 0.2) is 11.1 Å².